The summed E-state index contributed by atoms with van der Waals surface area (Å²) in [5, 5.41) is 8.46. The summed E-state index contributed by atoms with van der Waals surface area (Å²) in [6, 6.07) is 5.09. The maximum Gasteiger partial charge on any atom is 0.382 e. The molecular formula is C13H14O4. The molecule has 17 heavy (non-hydrogen) atoms. The second kappa shape index (κ2) is 6.44. The van der Waals surface area contributed by atoms with Crippen LogP contribution in [0, 0.1) is 11.8 Å². The second-order valence-electron chi connectivity index (χ2n) is 3.08. The molecule has 0 radical (unpaired) electrons. The van der Waals surface area contributed by atoms with E-state index in [-0.39, 0.29) is 0 Å². The first-order chi connectivity index (χ1) is 8.17. The van der Waals surface area contributed by atoms with Gasteiger partial charge in [0.05, 0.1) is 13.2 Å². The van der Waals surface area contributed by atoms with Crippen molar-refractivity contribution in [2.45, 2.75) is 13.8 Å². The van der Waals surface area contributed by atoms with E-state index in [1.165, 1.54) is 0 Å². The number of carbonyl (C=O) groups is 1. The Balaban J connectivity index is 3.01. The van der Waals surface area contributed by atoms with Crippen molar-refractivity contribution >= 4 is 5.97 Å². The zero-order valence-electron chi connectivity index (χ0n) is 9.82. The third-order valence-corrected chi connectivity index (χ3v) is 1.86. The summed E-state index contributed by atoms with van der Waals surface area (Å²) in [6.07, 6.45) is 0. The standard InChI is InChI=1S/C13H14O4/c1-3-16-11-7-5-10(6-8-13(14)15)9-12(11)17-4-2/h5,7,9H,3-4H2,1-2H3,(H,14,15). The van der Waals surface area contributed by atoms with E-state index in [1.54, 1.807) is 18.2 Å². The van der Waals surface area contributed by atoms with Crippen molar-refractivity contribution in [3.8, 4) is 23.3 Å². The van der Waals surface area contributed by atoms with Crippen LogP contribution in [-0.2, 0) is 4.79 Å². The Kier molecular flexibility index (Phi) is 4.89. The lowest BCUT2D eigenvalue weighted by molar-refractivity contribution is -0.130. The maximum absolute atomic E-state index is 10.3. The van der Waals surface area contributed by atoms with Gasteiger partial charge in [-0.15, -0.1) is 0 Å². The first kappa shape index (κ1) is 12.9. The van der Waals surface area contributed by atoms with Crippen LogP contribution >= 0.6 is 0 Å². The van der Waals surface area contributed by atoms with Crippen molar-refractivity contribution in [1.82, 2.24) is 0 Å². The molecule has 1 aromatic carbocycles. The van der Waals surface area contributed by atoms with Gasteiger partial charge in [-0.25, -0.2) is 4.79 Å². The van der Waals surface area contributed by atoms with Gasteiger partial charge in [0, 0.05) is 11.5 Å². The summed E-state index contributed by atoms with van der Waals surface area (Å²) in [7, 11) is 0. The van der Waals surface area contributed by atoms with E-state index in [9.17, 15) is 4.79 Å². The summed E-state index contributed by atoms with van der Waals surface area (Å²) in [6.45, 7) is 4.80. The molecule has 1 N–H and O–H groups in total. The largest absolute Gasteiger partial charge is 0.490 e. The minimum Gasteiger partial charge on any atom is -0.490 e. The molecule has 1 rings (SSSR count). The van der Waals surface area contributed by atoms with E-state index in [1.807, 2.05) is 13.8 Å². The fourth-order valence-corrected chi connectivity index (χ4v) is 1.25. The molecule has 0 aliphatic carbocycles. The van der Waals surface area contributed by atoms with Gasteiger partial charge in [0.2, 0.25) is 0 Å². The molecule has 0 fully saturated rings. The number of ether oxygens (including phenoxy) is 2. The molecule has 4 nitrogen and oxygen atoms in total. The number of hydrogen-bond acceptors (Lipinski definition) is 3. The van der Waals surface area contributed by atoms with Gasteiger partial charge in [-0.2, -0.15) is 0 Å². The molecule has 4 heteroatoms. The highest BCUT2D eigenvalue weighted by molar-refractivity contribution is 5.87. The molecule has 0 saturated heterocycles. The highest BCUT2D eigenvalue weighted by atomic mass is 16.5. The number of aliphatic carboxylic acids is 1. The lowest BCUT2D eigenvalue weighted by atomic mass is 10.2. The molecule has 1 aromatic rings. The van der Waals surface area contributed by atoms with Crippen molar-refractivity contribution in [2.75, 3.05) is 13.2 Å². The Morgan fingerprint density at radius 2 is 1.88 bits per heavy atom. The minimum atomic E-state index is -1.16. The predicted octanol–water partition coefficient (Wildman–Crippen LogP) is 1.92. The topological polar surface area (TPSA) is 55.8 Å². The fraction of sp³-hybridized carbons (Fsp3) is 0.308. The Bertz CT molecular complexity index is 454. The predicted molar refractivity (Wildman–Crippen MR) is 63.3 cm³/mol. The molecule has 0 heterocycles. The Morgan fingerprint density at radius 3 is 2.47 bits per heavy atom. The minimum absolute atomic E-state index is 0.510. The van der Waals surface area contributed by atoms with E-state index in [2.05, 4.69) is 11.8 Å². The lowest BCUT2D eigenvalue weighted by Gasteiger charge is -2.10. The first-order valence-electron chi connectivity index (χ1n) is 5.32. The molecule has 0 spiro atoms. The number of benzene rings is 1. The van der Waals surface area contributed by atoms with Crippen molar-refractivity contribution in [3.63, 3.8) is 0 Å². The number of carboxylic acid groups (broad SMARTS) is 1. The van der Waals surface area contributed by atoms with Crippen molar-refractivity contribution in [1.29, 1.82) is 0 Å². The smallest absolute Gasteiger partial charge is 0.382 e. The second-order valence-corrected chi connectivity index (χ2v) is 3.08. The van der Waals surface area contributed by atoms with E-state index in [0.29, 0.717) is 30.3 Å². The molecule has 0 amide bonds. The van der Waals surface area contributed by atoms with Crippen molar-refractivity contribution < 1.29 is 19.4 Å². The number of hydrogen-bond donors (Lipinski definition) is 1. The van der Waals surface area contributed by atoms with Gasteiger partial charge in [-0.3, -0.25) is 0 Å². The summed E-state index contributed by atoms with van der Waals surface area (Å²) in [5.74, 6) is 4.63. The van der Waals surface area contributed by atoms with Crippen LogP contribution in [-0.4, -0.2) is 24.3 Å². The molecule has 0 bridgehead atoms. The molecule has 0 aliphatic rings. The highest BCUT2D eigenvalue weighted by Gasteiger charge is 2.04. The third-order valence-electron chi connectivity index (χ3n) is 1.86. The summed E-state index contributed by atoms with van der Waals surface area (Å²) < 4.78 is 10.8. The molecule has 90 valence electrons. The van der Waals surface area contributed by atoms with Gasteiger partial charge >= 0.3 is 5.97 Å². The molecule has 0 atom stereocenters. The van der Waals surface area contributed by atoms with Gasteiger partial charge in [0.1, 0.15) is 0 Å². The zero-order chi connectivity index (χ0) is 12.7. The van der Waals surface area contributed by atoms with Gasteiger partial charge in [0.15, 0.2) is 11.5 Å². The Labute approximate surface area is 100 Å². The van der Waals surface area contributed by atoms with Crippen LogP contribution in [0.2, 0.25) is 0 Å². The molecule has 0 unspecified atom stereocenters. The van der Waals surface area contributed by atoms with E-state index in [4.69, 9.17) is 14.6 Å². The van der Waals surface area contributed by atoms with Gasteiger partial charge in [-0.05, 0) is 32.0 Å². The average molecular weight is 234 g/mol. The van der Waals surface area contributed by atoms with Gasteiger partial charge in [-0.1, -0.05) is 5.92 Å². The summed E-state index contributed by atoms with van der Waals surface area (Å²) in [4.78, 5) is 10.3. The molecular weight excluding hydrogens is 220 g/mol. The highest BCUT2D eigenvalue weighted by Crippen LogP contribution is 2.28. The lowest BCUT2D eigenvalue weighted by Crippen LogP contribution is -1.98. The SMILES string of the molecule is CCOc1ccc(C#CC(=O)O)cc1OCC. The van der Waals surface area contributed by atoms with E-state index in [0.717, 1.165) is 0 Å². The number of rotatable bonds is 4. The maximum atomic E-state index is 10.3. The zero-order valence-corrected chi connectivity index (χ0v) is 9.82. The van der Waals surface area contributed by atoms with Gasteiger partial charge < -0.3 is 14.6 Å². The van der Waals surface area contributed by atoms with Crippen molar-refractivity contribution in [3.05, 3.63) is 23.8 Å². The average Bonchev–Trinajstić information content (AvgIpc) is 2.30. The van der Waals surface area contributed by atoms with Crippen LogP contribution < -0.4 is 9.47 Å². The Hall–Kier alpha value is -2.15. The fourth-order valence-electron chi connectivity index (χ4n) is 1.25. The normalized spacial score (nSPS) is 9.06. The third kappa shape index (κ3) is 4.07. The van der Waals surface area contributed by atoms with Crippen LogP contribution in [0.4, 0.5) is 0 Å². The summed E-state index contributed by atoms with van der Waals surface area (Å²) in [5.41, 5.74) is 0.583. The summed E-state index contributed by atoms with van der Waals surface area (Å²) >= 11 is 0. The van der Waals surface area contributed by atoms with Crippen molar-refractivity contribution in [2.24, 2.45) is 0 Å². The molecule has 0 aromatic heterocycles. The molecule has 0 saturated carbocycles. The Morgan fingerprint density at radius 1 is 1.24 bits per heavy atom. The monoisotopic (exact) mass is 234 g/mol. The van der Waals surface area contributed by atoms with E-state index >= 15 is 0 Å². The van der Waals surface area contributed by atoms with E-state index < -0.39 is 5.97 Å². The van der Waals surface area contributed by atoms with Crippen LogP contribution in [0.5, 0.6) is 11.5 Å². The number of carboxylic acids is 1. The van der Waals surface area contributed by atoms with Crippen LogP contribution in [0.1, 0.15) is 19.4 Å². The van der Waals surface area contributed by atoms with Crippen LogP contribution in [0.3, 0.4) is 0 Å². The van der Waals surface area contributed by atoms with Crippen LogP contribution in [0.25, 0.3) is 0 Å². The quantitative estimate of drug-likeness (QED) is 0.809. The first-order valence-corrected chi connectivity index (χ1v) is 5.32. The molecule has 0 aliphatic heterocycles. The van der Waals surface area contributed by atoms with Gasteiger partial charge in [0.25, 0.3) is 0 Å². The van der Waals surface area contributed by atoms with Crippen LogP contribution in [0.15, 0.2) is 18.2 Å².